The van der Waals surface area contributed by atoms with E-state index in [4.69, 9.17) is 0 Å². The zero-order valence-electron chi connectivity index (χ0n) is 12.1. The number of anilines is 2. The van der Waals surface area contributed by atoms with Gasteiger partial charge in [0, 0.05) is 36.1 Å². The van der Waals surface area contributed by atoms with Crippen molar-refractivity contribution in [2.75, 3.05) is 10.6 Å². The van der Waals surface area contributed by atoms with Crippen molar-refractivity contribution in [3.63, 3.8) is 0 Å². The van der Waals surface area contributed by atoms with Gasteiger partial charge in [-0.15, -0.1) is 11.3 Å². The van der Waals surface area contributed by atoms with Crippen LogP contribution >= 0.6 is 11.3 Å². The Hall–Kier alpha value is -3.00. The van der Waals surface area contributed by atoms with E-state index in [-0.39, 0.29) is 11.5 Å². The minimum atomic E-state index is -0.553. The van der Waals surface area contributed by atoms with Gasteiger partial charge in [-0.1, -0.05) is 6.07 Å². The minimum Gasteiger partial charge on any atom is -0.326 e. The zero-order chi connectivity index (χ0) is 16.4. The number of amides is 2. The van der Waals surface area contributed by atoms with Crippen LogP contribution in [0.2, 0.25) is 0 Å². The Morgan fingerprint density at radius 2 is 1.96 bits per heavy atom. The van der Waals surface area contributed by atoms with Crippen LogP contribution in [0.5, 0.6) is 0 Å². The van der Waals surface area contributed by atoms with E-state index < -0.39 is 11.5 Å². The summed E-state index contributed by atoms with van der Waals surface area (Å²) in [5, 5.41) is 6.98. The van der Waals surface area contributed by atoms with Gasteiger partial charge in [0.05, 0.1) is 0 Å². The van der Waals surface area contributed by atoms with Gasteiger partial charge in [-0.3, -0.25) is 18.8 Å². The fourth-order valence-corrected chi connectivity index (χ4v) is 2.73. The standard InChI is InChI=1S/C15H12N4O3S/c1-9(20)17-10-3-2-4-11(7-10)18-13(21)12-8-16-15-19(14(12)22)5-6-23-15/h2-8H,1H3,(H,17,20)(H,18,21). The molecule has 0 atom stereocenters. The lowest BCUT2D eigenvalue weighted by molar-refractivity contribution is -0.114. The Labute approximate surface area is 134 Å². The molecule has 1 aromatic carbocycles. The lowest BCUT2D eigenvalue weighted by atomic mass is 10.2. The van der Waals surface area contributed by atoms with Crippen LogP contribution in [0.4, 0.5) is 11.4 Å². The number of benzene rings is 1. The van der Waals surface area contributed by atoms with Crippen molar-refractivity contribution in [1.29, 1.82) is 0 Å². The van der Waals surface area contributed by atoms with Crippen LogP contribution in [0.15, 0.2) is 46.8 Å². The lowest BCUT2D eigenvalue weighted by Gasteiger charge is -2.07. The van der Waals surface area contributed by atoms with Gasteiger partial charge >= 0.3 is 0 Å². The van der Waals surface area contributed by atoms with Crippen LogP contribution in [0.25, 0.3) is 4.96 Å². The first kappa shape index (κ1) is 14.9. The maximum Gasteiger partial charge on any atom is 0.271 e. The number of nitrogens with zero attached hydrogens (tertiary/aromatic N) is 2. The number of carbonyl (C=O) groups excluding carboxylic acids is 2. The first-order valence-electron chi connectivity index (χ1n) is 6.68. The predicted octanol–water partition coefficient (Wildman–Crippen LogP) is 1.97. The molecule has 3 aromatic rings. The molecular formula is C15H12N4O3S. The van der Waals surface area contributed by atoms with Crippen LogP contribution < -0.4 is 16.2 Å². The van der Waals surface area contributed by atoms with E-state index in [0.29, 0.717) is 16.3 Å². The maximum absolute atomic E-state index is 12.3. The van der Waals surface area contributed by atoms with Crippen LogP contribution in [-0.2, 0) is 4.79 Å². The first-order chi connectivity index (χ1) is 11.0. The maximum atomic E-state index is 12.3. The molecule has 0 spiro atoms. The molecule has 2 N–H and O–H groups in total. The van der Waals surface area contributed by atoms with Gasteiger partial charge in [-0.05, 0) is 18.2 Å². The van der Waals surface area contributed by atoms with E-state index in [1.165, 1.54) is 28.9 Å². The van der Waals surface area contributed by atoms with E-state index >= 15 is 0 Å². The molecule has 2 amide bonds. The van der Waals surface area contributed by atoms with E-state index in [1.807, 2.05) is 0 Å². The van der Waals surface area contributed by atoms with Gasteiger partial charge in [0.1, 0.15) is 5.56 Å². The summed E-state index contributed by atoms with van der Waals surface area (Å²) in [5.74, 6) is -0.762. The molecule has 0 radical (unpaired) electrons. The highest BCUT2D eigenvalue weighted by Crippen LogP contribution is 2.15. The molecule has 2 aromatic heterocycles. The molecule has 0 saturated carbocycles. The number of hydrogen-bond donors (Lipinski definition) is 2. The molecule has 23 heavy (non-hydrogen) atoms. The van der Waals surface area contributed by atoms with Crippen molar-refractivity contribution in [2.24, 2.45) is 0 Å². The Balaban J connectivity index is 1.87. The van der Waals surface area contributed by atoms with Crippen LogP contribution in [0.1, 0.15) is 17.3 Å². The average molecular weight is 328 g/mol. The van der Waals surface area contributed by atoms with Gasteiger partial charge in [-0.2, -0.15) is 0 Å². The normalized spacial score (nSPS) is 10.5. The molecule has 0 aliphatic rings. The third-order valence-electron chi connectivity index (χ3n) is 3.03. The monoisotopic (exact) mass is 328 g/mol. The number of fused-ring (bicyclic) bond motifs is 1. The second-order valence-corrected chi connectivity index (χ2v) is 5.62. The molecule has 0 bridgehead atoms. The van der Waals surface area contributed by atoms with Crippen molar-refractivity contribution in [3.8, 4) is 0 Å². The van der Waals surface area contributed by atoms with Gasteiger partial charge in [0.25, 0.3) is 11.5 Å². The van der Waals surface area contributed by atoms with Crippen molar-refractivity contribution in [2.45, 2.75) is 6.92 Å². The van der Waals surface area contributed by atoms with Crippen LogP contribution in [-0.4, -0.2) is 21.2 Å². The molecule has 116 valence electrons. The van der Waals surface area contributed by atoms with Gasteiger partial charge in [-0.25, -0.2) is 4.98 Å². The summed E-state index contributed by atoms with van der Waals surface area (Å²) in [7, 11) is 0. The molecular weight excluding hydrogens is 316 g/mol. The number of thiazole rings is 1. The smallest absolute Gasteiger partial charge is 0.271 e. The summed E-state index contributed by atoms with van der Waals surface area (Å²) < 4.78 is 1.33. The lowest BCUT2D eigenvalue weighted by Crippen LogP contribution is -2.25. The fraction of sp³-hybridized carbons (Fsp3) is 0.0667. The second-order valence-electron chi connectivity index (χ2n) is 4.75. The number of nitrogens with one attached hydrogen (secondary N) is 2. The van der Waals surface area contributed by atoms with E-state index in [9.17, 15) is 14.4 Å². The number of rotatable bonds is 3. The molecule has 0 unspecified atom stereocenters. The molecule has 0 aliphatic carbocycles. The number of carbonyl (C=O) groups is 2. The Kier molecular flexibility index (Phi) is 3.90. The van der Waals surface area contributed by atoms with Crippen LogP contribution in [0, 0.1) is 0 Å². The van der Waals surface area contributed by atoms with Crippen LogP contribution in [0.3, 0.4) is 0 Å². The quantitative estimate of drug-likeness (QED) is 0.769. The van der Waals surface area contributed by atoms with E-state index in [1.54, 1.807) is 35.8 Å². The molecule has 3 rings (SSSR count). The first-order valence-corrected chi connectivity index (χ1v) is 7.56. The SMILES string of the molecule is CC(=O)Nc1cccc(NC(=O)c2cnc3sccn3c2=O)c1. The Morgan fingerprint density at radius 3 is 2.70 bits per heavy atom. The number of hydrogen-bond acceptors (Lipinski definition) is 5. The summed E-state index contributed by atoms with van der Waals surface area (Å²) in [5.41, 5.74) is 0.548. The molecule has 8 heteroatoms. The number of aromatic nitrogens is 2. The Bertz CT molecular complexity index is 961. The minimum absolute atomic E-state index is 0.0502. The summed E-state index contributed by atoms with van der Waals surface area (Å²) in [6.45, 7) is 1.40. The van der Waals surface area contributed by atoms with Crippen molar-refractivity contribution >= 4 is 39.5 Å². The topological polar surface area (TPSA) is 92.6 Å². The van der Waals surface area contributed by atoms with E-state index in [2.05, 4.69) is 15.6 Å². The predicted molar refractivity (Wildman–Crippen MR) is 88.0 cm³/mol. The third-order valence-corrected chi connectivity index (χ3v) is 3.80. The van der Waals surface area contributed by atoms with Gasteiger partial charge < -0.3 is 10.6 Å². The van der Waals surface area contributed by atoms with Gasteiger partial charge in [0.15, 0.2) is 4.96 Å². The highest BCUT2D eigenvalue weighted by atomic mass is 32.1. The van der Waals surface area contributed by atoms with E-state index in [0.717, 1.165) is 0 Å². The Morgan fingerprint density at radius 1 is 1.22 bits per heavy atom. The molecule has 0 saturated heterocycles. The summed E-state index contributed by atoms with van der Waals surface area (Å²) in [6.07, 6.45) is 2.84. The average Bonchev–Trinajstić information content (AvgIpc) is 2.96. The summed E-state index contributed by atoms with van der Waals surface area (Å²) >= 11 is 1.31. The second kappa shape index (κ2) is 6.01. The summed E-state index contributed by atoms with van der Waals surface area (Å²) in [6, 6.07) is 6.66. The van der Waals surface area contributed by atoms with Crippen molar-refractivity contribution in [1.82, 2.24) is 9.38 Å². The summed E-state index contributed by atoms with van der Waals surface area (Å²) in [4.78, 5) is 40.2. The molecule has 2 heterocycles. The molecule has 0 aliphatic heterocycles. The molecule has 7 nitrogen and oxygen atoms in total. The third kappa shape index (κ3) is 3.11. The highest BCUT2D eigenvalue weighted by molar-refractivity contribution is 7.15. The van der Waals surface area contributed by atoms with Gasteiger partial charge in [0.2, 0.25) is 5.91 Å². The van der Waals surface area contributed by atoms with Crippen molar-refractivity contribution in [3.05, 3.63) is 58.0 Å². The highest BCUT2D eigenvalue weighted by Gasteiger charge is 2.14. The fourth-order valence-electron chi connectivity index (χ4n) is 2.06. The zero-order valence-corrected chi connectivity index (χ0v) is 12.9. The molecule has 0 fully saturated rings. The largest absolute Gasteiger partial charge is 0.326 e. The van der Waals surface area contributed by atoms with Crippen molar-refractivity contribution < 1.29 is 9.59 Å².